The lowest BCUT2D eigenvalue weighted by Crippen LogP contribution is -2.47. The quantitative estimate of drug-likeness (QED) is 0.0212. The SMILES string of the molecule is CCCCCCCCC/C=C/CCCCCCCC(=O)NC(COP(=O)([O-])OCC[N+](C)(C)C)C(/C=C\CCCCCCCCCCC)OC(=O)CCCCCCCCCCCCCCCCCCCCCCCCCCC. The van der Waals surface area contributed by atoms with E-state index in [4.69, 9.17) is 13.8 Å². The third-order valence-corrected chi connectivity index (χ3v) is 16.6. The van der Waals surface area contributed by atoms with Crippen LogP contribution in [-0.4, -0.2) is 69.4 Å². The minimum atomic E-state index is -4.70. The molecule has 0 aromatic rings. The second-order valence-electron chi connectivity index (χ2n) is 24.7. The second kappa shape index (κ2) is 58.7. The summed E-state index contributed by atoms with van der Waals surface area (Å²) in [4.78, 5) is 40.0. The zero-order chi connectivity index (χ0) is 57.2. The van der Waals surface area contributed by atoms with E-state index in [0.29, 0.717) is 17.4 Å². The number of ether oxygens (including phenoxy) is 1. The number of phosphoric ester groups is 1. The van der Waals surface area contributed by atoms with Gasteiger partial charge in [0.2, 0.25) is 5.91 Å². The lowest BCUT2D eigenvalue weighted by Gasteiger charge is -2.30. The molecule has 0 aliphatic rings. The van der Waals surface area contributed by atoms with Crippen molar-refractivity contribution in [2.45, 2.75) is 360 Å². The van der Waals surface area contributed by atoms with Crippen LogP contribution in [0.3, 0.4) is 0 Å². The van der Waals surface area contributed by atoms with Gasteiger partial charge < -0.3 is 28.5 Å². The standard InChI is InChI=1S/C68H133N2O7P/c1-7-10-13-16-19-22-25-27-29-31-32-33-34-35-36-37-38-39-41-43-46-49-52-55-58-61-68(72)77-66(59-56-53-50-47-44-24-21-18-15-12-9-3)65(64-76-78(73,74)75-63-62-70(4,5)6)69-67(71)60-57-54-51-48-45-42-40-30-28-26-23-20-17-14-11-8-2/h30,40,56,59,65-66H,7-29,31-39,41-55,57-58,60-64H2,1-6H3,(H-,69,71,73,74)/b40-30+,59-56-. The monoisotopic (exact) mass is 1120 g/mol. The second-order valence-corrected chi connectivity index (χ2v) is 26.1. The Morgan fingerprint density at radius 1 is 0.436 bits per heavy atom. The van der Waals surface area contributed by atoms with Crippen LogP contribution >= 0.6 is 7.82 Å². The van der Waals surface area contributed by atoms with Crippen LogP contribution < -0.4 is 10.2 Å². The van der Waals surface area contributed by atoms with Gasteiger partial charge in [0.05, 0.1) is 33.8 Å². The van der Waals surface area contributed by atoms with Crippen molar-refractivity contribution >= 4 is 19.7 Å². The minimum absolute atomic E-state index is 0.0203. The molecule has 0 saturated carbocycles. The highest BCUT2D eigenvalue weighted by atomic mass is 31.2. The summed E-state index contributed by atoms with van der Waals surface area (Å²) in [6, 6.07) is -0.887. The molecule has 10 heteroatoms. The summed E-state index contributed by atoms with van der Waals surface area (Å²) in [5.74, 6) is -0.532. The van der Waals surface area contributed by atoms with Gasteiger partial charge in [-0.3, -0.25) is 14.2 Å². The number of esters is 1. The number of likely N-dealkylation sites (N-methyl/N-ethyl adjacent to an activating group) is 1. The first-order chi connectivity index (χ1) is 37.9. The Morgan fingerprint density at radius 2 is 0.744 bits per heavy atom. The van der Waals surface area contributed by atoms with Gasteiger partial charge in [-0.05, 0) is 57.4 Å². The van der Waals surface area contributed by atoms with Crippen LogP contribution in [0, 0.1) is 0 Å². The number of hydrogen-bond acceptors (Lipinski definition) is 7. The molecule has 0 spiro atoms. The molecule has 1 amide bonds. The number of carbonyl (C=O) groups is 2. The van der Waals surface area contributed by atoms with Crippen molar-refractivity contribution in [1.82, 2.24) is 5.32 Å². The molecule has 0 heterocycles. The van der Waals surface area contributed by atoms with E-state index in [9.17, 15) is 19.0 Å². The Labute approximate surface area is 485 Å². The third kappa shape index (κ3) is 59.1. The normalized spacial score (nSPS) is 13.7. The molecule has 0 aliphatic carbocycles. The fraction of sp³-hybridized carbons (Fsp3) is 0.912. The average Bonchev–Trinajstić information content (AvgIpc) is 3.40. The molecule has 3 unspecified atom stereocenters. The fourth-order valence-corrected chi connectivity index (χ4v) is 11.1. The van der Waals surface area contributed by atoms with Gasteiger partial charge in [-0.1, -0.05) is 302 Å². The summed E-state index contributed by atoms with van der Waals surface area (Å²) < 4.78 is 30.4. The largest absolute Gasteiger partial charge is 0.756 e. The van der Waals surface area contributed by atoms with Gasteiger partial charge in [-0.15, -0.1) is 0 Å². The van der Waals surface area contributed by atoms with Crippen molar-refractivity contribution in [1.29, 1.82) is 0 Å². The number of phosphoric acid groups is 1. The maximum Gasteiger partial charge on any atom is 0.306 e. The topological polar surface area (TPSA) is 114 Å². The summed E-state index contributed by atoms with van der Waals surface area (Å²) >= 11 is 0. The van der Waals surface area contributed by atoms with Crippen LogP contribution in [0.5, 0.6) is 0 Å². The number of carbonyl (C=O) groups excluding carboxylic acids is 2. The minimum Gasteiger partial charge on any atom is -0.756 e. The van der Waals surface area contributed by atoms with Gasteiger partial charge in [0.25, 0.3) is 7.82 Å². The Hall–Kier alpha value is -1.51. The average molecular weight is 1120 g/mol. The van der Waals surface area contributed by atoms with E-state index in [1.165, 1.54) is 238 Å². The molecule has 0 aromatic carbocycles. The zero-order valence-corrected chi connectivity index (χ0v) is 53.8. The summed E-state index contributed by atoms with van der Waals surface area (Å²) in [5.41, 5.74) is 0. The molecule has 0 fully saturated rings. The van der Waals surface area contributed by atoms with E-state index < -0.39 is 20.0 Å². The molecule has 3 atom stereocenters. The molecule has 0 saturated heterocycles. The molecule has 1 N–H and O–H groups in total. The number of allylic oxidation sites excluding steroid dienone is 3. The van der Waals surface area contributed by atoms with Crippen LogP contribution in [-0.2, 0) is 27.9 Å². The molecular formula is C68H133N2O7P. The smallest absolute Gasteiger partial charge is 0.306 e. The van der Waals surface area contributed by atoms with Crippen LogP contribution in [0.1, 0.15) is 348 Å². The zero-order valence-electron chi connectivity index (χ0n) is 52.9. The highest BCUT2D eigenvalue weighted by Crippen LogP contribution is 2.38. The number of rotatable bonds is 63. The first-order valence-electron chi connectivity index (χ1n) is 34.1. The highest BCUT2D eigenvalue weighted by Gasteiger charge is 2.27. The van der Waals surface area contributed by atoms with Crippen LogP contribution in [0.15, 0.2) is 24.3 Å². The Kier molecular flexibility index (Phi) is 57.5. The maximum absolute atomic E-state index is 13.5. The van der Waals surface area contributed by atoms with E-state index in [2.05, 4.69) is 38.2 Å². The van der Waals surface area contributed by atoms with Crippen molar-refractivity contribution < 1.29 is 37.3 Å². The first kappa shape index (κ1) is 76.5. The van der Waals surface area contributed by atoms with Gasteiger partial charge in [0.15, 0.2) is 0 Å². The van der Waals surface area contributed by atoms with Crippen molar-refractivity contribution in [3.63, 3.8) is 0 Å². The van der Waals surface area contributed by atoms with E-state index in [0.717, 1.165) is 77.0 Å². The number of nitrogens with zero attached hydrogens (tertiary/aromatic N) is 1. The lowest BCUT2D eigenvalue weighted by atomic mass is 10.0. The van der Waals surface area contributed by atoms with Gasteiger partial charge in [0.1, 0.15) is 19.3 Å². The first-order valence-corrected chi connectivity index (χ1v) is 35.6. The molecule has 9 nitrogen and oxygen atoms in total. The fourth-order valence-electron chi connectivity index (χ4n) is 10.3. The molecule has 0 aliphatic heterocycles. The predicted octanol–water partition coefficient (Wildman–Crippen LogP) is 20.7. The van der Waals surface area contributed by atoms with Gasteiger partial charge in [-0.25, -0.2) is 0 Å². The number of nitrogens with one attached hydrogen (secondary N) is 1. The number of unbranched alkanes of at least 4 members (excludes halogenated alkanes) is 45. The van der Waals surface area contributed by atoms with Gasteiger partial charge in [-0.2, -0.15) is 0 Å². The molecular weight excluding hydrogens is 988 g/mol. The van der Waals surface area contributed by atoms with Gasteiger partial charge >= 0.3 is 5.97 Å². The number of quaternary nitrogens is 1. The molecule has 0 radical (unpaired) electrons. The van der Waals surface area contributed by atoms with Gasteiger partial charge in [0, 0.05) is 12.8 Å². The summed E-state index contributed by atoms with van der Waals surface area (Å²) in [7, 11) is 1.20. The lowest BCUT2D eigenvalue weighted by molar-refractivity contribution is -0.870. The van der Waals surface area contributed by atoms with E-state index in [1.54, 1.807) is 0 Å². The van der Waals surface area contributed by atoms with E-state index >= 15 is 0 Å². The van der Waals surface area contributed by atoms with Crippen molar-refractivity contribution in [2.75, 3.05) is 40.9 Å². The number of amides is 1. The Morgan fingerprint density at radius 3 is 1.09 bits per heavy atom. The summed E-state index contributed by atoms with van der Waals surface area (Å²) in [6.45, 7) is 6.88. The molecule has 0 bridgehead atoms. The molecule has 0 aromatic heterocycles. The molecule has 0 rings (SSSR count). The summed E-state index contributed by atoms with van der Waals surface area (Å²) in [6.07, 6.45) is 70.2. The van der Waals surface area contributed by atoms with Crippen molar-refractivity contribution in [3.8, 4) is 0 Å². The van der Waals surface area contributed by atoms with Crippen molar-refractivity contribution in [3.05, 3.63) is 24.3 Å². The maximum atomic E-state index is 13.5. The highest BCUT2D eigenvalue weighted by molar-refractivity contribution is 7.45. The van der Waals surface area contributed by atoms with Crippen molar-refractivity contribution in [2.24, 2.45) is 0 Å². The van der Waals surface area contributed by atoms with Crippen LogP contribution in [0.2, 0.25) is 0 Å². The van der Waals surface area contributed by atoms with E-state index in [1.807, 2.05) is 33.3 Å². The summed E-state index contributed by atoms with van der Waals surface area (Å²) in [5, 5.41) is 3.03. The molecule has 462 valence electrons. The Balaban J connectivity index is 5.00. The Bertz CT molecular complexity index is 1380. The number of hydrogen-bond donors (Lipinski definition) is 1. The third-order valence-electron chi connectivity index (χ3n) is 15.6. The van der Waals surface area contributed by atoms with E-state index in [-0.39, 0.29) is 31.5 Å². The predicted molar refractivity (Wildman–Crippen MR) is 335 cm³/mol. The van der Waals surface area contributed by atoms with Crippen LogP contribution in [0.25, 0.3) is 0 Å². The van der Waals surface area contributed by atoms with Crippen LogP contribution in [0.4, 0.5) is 0 Å². The molecule has 78 heavy (non-hydrogen) atoms.